The molecule has 4 unspecified atom stereocenters. The molecule has 1 aliphatic rings. The van der Waals surface area contributed by atoms with E-state index in [9.17, 15) is 42.1 Å². The summed E-state index contributed by atoms with van der Waals surface area (Å²) in [6.07, 6.45) is -11.4. The highest BCUT2D eigenvalue weighted by Gasteiger charge is 2.46. The molecule has 0 bridgehead atoms. The summed E-state index contributed by atoms with van der Waals surface area (Å²) in [5.74, 6) is -3.70. The average molecular weight is 529 g/mol. The van der Waals surface area contributed by atoms with Gasteiger partial charge in [-0.2, -0.15) is 16.8 Å². The van der Waals surface area contributed by atoms with Crippen LogP contribution in [0.25, 0.3) is 0 Å². The van der Waals surface area contributed by atoms with Crippen LogP contribution >= 0.6 is 0 Å². The fraction of sp³-hybridized carbons (Fsp3) is 0.933. The summed E-state index contributed by atoms with van der Waals surface area (Å²) in [5, 5.41) is 39.5. The zero-order valence-corrected chi connectivity index (χ0v) is 19.3. The van der Waals surface area contributed by atoms with Crippen LogP contribution in [-0.2, 0) is 48.2 Å². The van der Waals surface area contributed by atoms with Crippen LogP contribution < -0.4 is 0 Å². The molecule has 1 heterocycles. The molecule has 0 aromatic heterocycles. The van der Waals surface area contributed by atoms with Crippen molar-refractivity contribution in [3.05, 3.63) is 0 Å². The second kappa shape index (κ2) is 12.1. The van der Waals surface area contributed by atoms with E-state index in [2.05, 4.69) is 8.37 Å². The second-order valence-electron chi connectivity index (χ2n) is 7.36. The Hall–Kier alpha value is -1.03. The van der Waals surface area contributed by atoms with E-state index in [1.165, 1.54) is 20.8 Å². The first-order valence-corrected chi connectivity index (χ1v) is 12.1. The lowest BCUT2D eigenvalue weighted by atomic mass is 9.92. The molecule has 0 amide bonds. The molecule has 0 saturated carbocycles. The van der Waals surface area contributed by atoms with Crippen LogP contribution in [0.3, 0.4) is 0 Å². The van der Waals surface area contributed by atoms with Crippen LogP contribution in [0.2, 0.25) is 0 Å². The number of carbonyl (C=O) groups is 1. The summed E-state index contributed by atoms with van der Waals surface area (Å²) in [4.78, 5) is 11.6. The maximum Gasteiger partial charge on any atom is 0.397 e. The van der Waals surface area contributed by atoms with E-state index in [-0.39, 0.29) is 0 Å². The van der Waals surface area contributed by atoms with Crippen LogP contribution in [0.1, 0.15) is 20.8 Å². The molecule has 1 aliphatic heterocycles. The molecular formula is C15H28O16S2. The SMILES string of the molecule is C[C@H](O)[C@H](C)C(OC(COS(=O)(=O)O)O[C@H]1C(COS(=O)(=O)O)O[C@@H](O)[C@@H](C)C1O)C(=O)O. The molecule has 0 aromatic carbocycles. The molecule has 1 fully saturated rings. The van der Waals surface area contributed by atoms with Gasteiger partial charge in [-0.15, -0.1) is 0 Å². The van der Waals surface area contributed by atoms with Crippen molar-refractivity contribution in [2.75, 3.05) is 13.2 Å². The van der Waals surface area contributed by atoms with Gasteiger partial charge in [0.05, 0.1) is 18.8 Å². The Labute approximate surface area is 189 Å². The highest BCUT2D eigenvalue weighted by Crippen LogP contribution is 2.29. The third kappa shape index (κ3) is 10.0. The van der Waals surface area contributed by atoms with Crippen molar-refractivity contribution in [3.63, 3.8) is 0 Å². The smallest absolute Gasteiger partial charge is 0.397 e. The van der Waals surface area contributed by atoms with Crippen LogP contribution in [0.5, 0.6) is 0 Å². The number of hydrogen-bond acceptors (Lipinski definition) is 13. The van der Waals surface area contributed by atoms with Crippen molar-refractivity contribution in [3.8, 4) is 0 Å². The lowest BCUT2D eigenvalue weighted by Crippen LogP contribution is -2.58. The number of carboxylic acids is 1. The Balaban J connectivity index is 3.21. The number of ether oxygens (including phenoxy) is 3. The first-order chi connectivity index (χ1) is 14.9. The van der Waals surface area contributed by atoms with E-state index in [1.807, 2.05) is 0 Å². The maximum absolute atomic E-state index is 11.6. The molecule has 1 saturated heterocycles. The average Bonchev–Trinajstić information content (AvgIpc) is 2.66. The van der Waals surface area contributed by atoms with Gasteiger partial charge in [-0.3, -0.25) is 9.11 Å². The molecule has 1 rings (SSSR count). The third-order valence-corrected chi connectivity index (χ3v) is 5.70. The Morgan fingerprint density at radius 1 is 1.06 bits per heavy atom. The standard InChI is InChI=1S/C15H28O16S2/c1-6(8(3)16)12(14(18)19)30-10(5-28-33(24,25)26)31-13-9(4-27-32(21,22)23)29-15(20)7(2)11(13)17/h6-13,15-17,20H,4-5H2,1-3H3,(H,18,19)(H,21,22,23)(H,24,25,26)/t6-,7-,8-,9?,10?,11?,12?,13-,15+/m0/s1. The Morgan fingerprint density at radius 2 is 1.61 bits per heavy atom. The number of aliphatic hydroxyl groups is 3. The Bertz CT molecular complexity index is 842. The molecule has 18 heteroatoms. The maximum atomic E-state index is 11.6. The van der Waals surface area contributed by atoms with Crippen LogP contribution in [0, 0.1) is 11.8 Å². The Morgan fingerprint density at radius 3 is 2.06 bits per heavy atom. The fourth-order valence-corrected chi connectivity index (χ4v) is 3.36. The van der Waals surface area contributed by atoms with Gasteiger partial charge in [0, 0.05) is 11.8 Å². The van der Waals surface area contributed by atoms with E-state index < -0.39 is 94.9 Å². The number of aliphatic carboxylic acids is 1. The first-order valence-electron chi connectivity index (χ1n) is 9.40. The minimum atomic E-state index is -5.06. The van der Waals surface area contributed by atoms with Crippen LogP contribution in [0.4, 0.5) is 0 Å². The summed E-state index contributed by atoms with van der Waals surface area (Å²) >= 11 is 0. The van der Waals surface area contributed by atoms with E-state index in [0.717, 1.165) is 0 Å². The molecule has 6 N–H and O–H groups in total. The normalized spacial score (nSPS) is 30.4. The predicted octanol–water partition coefficient (Wildman–Crippen LogP) is -2.46. The van der Waals surface area contributed by atoms with Crippen LogP contribution in [0.15, 0.2) is 0 Å². The highest BCUT2D eigenvalue weighted by atomic mass is 32.3. The van der Waals surface area contributed by atoms with Crippen molar-refractivity contribution < 1.29 is 73.7 Å². The molecular weight excluding hydrogens is 500 g/mol. The molecule has 33 heavy (non-hydrogen) atoms. The molecule has 0 radical (unpaired) electrons. The zero-order chi connectivity index (χ0) is 25.7. The molecule has 0 aromatic rings. The number of aliphatic hydroxyl groups excluding tert-OH is 3. The molecule has 9 atom stereocenters. The lowest BCUT2D eigenvalue weighted by Gasteiger charge is -2.42. The lowest BCUT2D eigenvalue weighted by molar-refractivity contribution is -0.311. The first kappa shape index (κ1) is 30.0. The number of rotatable bonds is 13. The van der Waals surface area contributed by atoms with Gasteiger partial charge in [-0.05, 0) is 6.92 Å². The van der Waals surface area contributed by atoms with Crippen molar-refractivity contribution in [1.29, 1.82) is 0 Å². The van der Waals surface area contributed by atoms with Crippen molar-refractivity contribution in [2.24, 2.45) is 11.8 Å². The molecule has 0 aliphatic carbocycles. The quantitative estimate of drug-likeness (QED) is 0.107. The number of carboxylic acid groups (broad SMARTS) is 1. The van der Waals surface area contributed by atoms with Gasteiger partial charge in [0.15, 0.2) is 18.7 Å². The van der Waals surface area contributed by atoms with Gasteiger partial charge in [0.25, 0.3) is 0 Å². The predicted molar refractivity (Wildman–Crippen MR) is 103 cm³/mol. The van der Waals surface area contributed by atoms with Gasteiger partial charge in [0.2, 0.25) is 0 Å². The monoisotopic (exact) mass is 528 g/mol. The summed E-state index contributed by atoms with van der Waals surface area (Å²) < 4.78 is 85.4. The number of hydrogen-bond donors (Lipinski definition) is 6. The second-order valence-corrected chi connectivity index (χ2v) is 9.55. The fourth-order valence-electron chi connectivity index (χ4n) is 2.77. The van der Waals surface area contributed by atoms with E-state index in [1.54, 1.807) is 0 Å². The van der Waals surface area contributed by atoms with E-state index in [0.29, 0.717) is 0 Å². The van der Waals surface area contributed by atoms with Crippen molar-refractivity contribution >= 4 is 26.8 Å². The summed E-state index contributed by atoms with van der Waals surface area (Å²) in [6, 6.07) is 0. The van der Waals surface area contributed by atoms with E-state index >= 15 is 0 Å². The minimum absolute atomic E-state index is 0.983. The zero-order valence-electron chi connectivity index (χ0n) is 17.7. The van der Waals surface area contributed by atoms with Gasteiger partial charge < -0.3 is 34.6 Å². The third-order valence-electron chi connectivity index (χ3n) is 4.83. The van der Waals surface area contributed by atoms with Gasteiger partial charge in [-0.25, -0.2) is 13.2 Å². The highest BCUT2D eigenvalue weighted by molar-refractivity contribution is 7.81. The van der Waals surface area contributed by atoms with Crippen molar-refractivity contribution in [2.45, 2.75) is 63.9 Å². The topological polar surface area (TPSA) is 253 Å². The molecule has 196 valence electrons. The van der Waals surface area contributed by atoms with Gasteiger partial charge >= 0.3 is 26.8 Å². The van der Waals surface area contributed by atoms with E-state index in [4.69, 9.17) is 23.3 Å². The molecule has 16 nitrogen and oxygen atoms in total. The summed E-state index contributed by atoms with van der Waals surface area (Å²) in [7, 11) is -10.0. The van der Waals surface area contributed by atoms with Gasteiger partial charge in [0.1, 0.15) is 18.8 Å². The largest absolute Gasteiger partial charge is 0.479 e. The van der Waals surface area contributed by atoms with Crippen LogP contribution in [-0.4, -0.2) is 109 Å². The van der Waals surface area contributed by atoms with Crippen molar-refractivity contribution in [1.82, 2.24) is 0 Å². The Kier molecular flexibility index (Phi) is 11.0. The summed E-state index contributed by atoms with van der Waals surface area (Å²) in [6.45, 7) is 1.75. The molecule has 0 spiro atoms. The summed E-state index contributed by atoms with van der Waals surface area (Å²) in [5.41, 5.74) is 0. The minimum Gasteiger partial charge on any atom is -0.479 e. The van der Waals surface area contributed by atoms with Gasteiger partial charge in [-0.1, -0.05) is 13.8 Å².